The molecular formula is C9H10N4O2. The van der Waals surface area contributed by atoms with E-state index in [-0.39, 0.29) is 0 Å². The number of rotatable bonds is 3. The van der Waals surface area contributed by atoms with Gasteiger partial charge in [-0.05, 0) is 22.6 Å². The molecule has 0 aliphatic heterocycles. The van der Waals surface area contributed by atoms with E-state index in [1.807, 2.05) is 12.1 Å². The Bertz CT molecular complexity index is 494. The lowest BCUT2D eigenvalue weighted by atomic mass is 10.1. The number of aromatic nitrogens is 4. The molecule has 6 heteroatoms. The van der Waals surface area contributed by atoms with Crippen LogP contribution in [0, 0.1) is 5.92 Å². The lowest BCUT2D eigenvalue weighted by Gasteiger charge is -2.06. The van der Waals surface area contributed by atoms with Gasteiger partial charge in [-0.3, -0.25) is 4.79 Å². The molecule has 2 aromatic heterocycles. The van der Waals surface area contributed by atoms with Gasteiger partial charge in [0.1, 0.15) is 0 Å². The van der Waals surface area contributed by atoms with Crippen molar-refractivity contribution < 1.29 is 9.90 Å². The first kappa shape index (κ1) is 9.57. The molecule has 1 unspecified atom stereocenters. The highest BCUT2D eigenvalue weighted by atomic mass is 16.4. The summed E-state index contributed by atoms with van der Waals surface area (Å²) in [7, 11) is 0. The maximum Gasteiger partial charge on any atom is 0.306 e. The van der Waals surface area contributed by atoms with Crippen LogP contribution in [0.25, 0.3) is 5.65 Å². The van der Waals surface area contributed by atoms with Crippen LogP contribution in [-0.2, 0) is 11.2 Å². The predicted molar refractivity (Wildman–Crippen MR) is 51.3 cm³/mol. The fraction of sp³-hybridized carbons (Fsp3) is 0.333. The number of fused-ring (bicyclic) bond motifs is 1. The van der Waals surface area contributed by atoms with E-state index >= 15 is 0 Å². The van der Waals surface area contributed by atoms with Crippen molar-refractivity contribution in [3.8, 4) is 0 Å². The van der Waals surface area contributed by atoms with Gasteiger partial charge in [-0.1, -0.05) is 13.0 Å². The Balaban J connectivity index is 2.35. The van der Waals surface area contributed by atoms with Crippen LogP contribution < -0.4 is 0 Å². The number of carboxylic acids is 1. The molecule has 0 spiro atoms. The molecule has 0 aliphatic rings. The Labute approximate surface area is 85.5 Å². The molecule has 1 atom stereocenters. The number of pyridine rings is 1. The maximum absolute atomic E-state index is 10.7. The number of hydrogen-bond donors (Lipinski definition) is 1. The molecule has 0 amide bonds. The van der Waals surface area contributed by atoms with Crippen molar-refractivity contribution >= 4 is 11.6 Å². The van der Waals surface area contributed by atoms with E-state index in [0.29, 0.717) is 12.1 Å². The quantitative estimate of drug-likeness (QED) is 0.785. The number of carboxylic acid groups (broad SMARTS) is 1. The van der Waals surface area contributed by atoms with Crippen LogP contribution in [0.5, 0.6) is 0 Å². The lowest BCUT2D eigenvalue weighted by molar-refractivity contribution is -0.141. The maximum atomic E-state index is 10.7. The number of nitrogens with zero attached hydrogens (tertiary/aromatic N) is 4. The van der Waals surface area contributed by atoms with Gasteiger partial charge in [0.05, 0.1) is 5.92 Å². The van der Waals surface area contributed by atoms with Crippen LogP contribution >= 0.6 is 0 Å². The zero-order valence-corrected chi connectivity index (χ0v) is 8.16. The molecular weight excluding hydrogens is 196 g/mol. The molecule has 2 aromatic rings. The molecule has 0 fully saturated rings. The molecule has 0 saturated heterocycles. The third-order valence-corrected chi connectivity index (χ3v) is 2.24. The van der Waals surface area contributed by atoms with E-state index in [1.54, 1.807) is 17.5 Å². The number of aliphatic carboxylic acids is 1. The van der Waals surface area contributed by atoms with Gasteiger partial charge in [0.15, 0.2) is 5.65 Å². The van der Waals surface area contributed by atoms with E-state index in [4.69, 9.17) is 5.11 Å². The first-order valence-corrected chi connectivity index (χ1v) is 4.57. The molecule has 6 nitrogen and oxygen atoms in total. The summed E-state index contributed by atoms with van der Waals surface area (Å²) in [5.74, 6) is -1.26. The molecule has 15 heavy (non-hydrogen) atoms. The topological polar surface area (TPSA) is 80.4 Å². The molecule has 78 valence electrons. The molecule has 0 radical (unpaired) electrons. The van der Waals surface area contributed by atoms with Gasteiger partial charge in [0.25, 0.3) is 0 Å². The van der Waals surface area contributed by atoms with Crippen molar-refractivity contribution in [2.75, 3.05) is 0 Å². The van der Waals surface area contributed by atoms with E-state index in [9.17, 15) is 4.79 Å². The summed E-state index contributed by atoms with van der Waals surface area (Å²) in [6.45, 7) is 1.66. The highest BCUT2D eigenvalue weighted by molar-refractivity contribution is 5.69. The van der Waals surface area contributed by atoms with Crippen molar-refractivity contribution in [2.24, 2.45) is 5.92 Å². The Morgan fingerprint density at radius 1 is 1.60 bits per heavy atom. The fourth-order valence-corrected chi connectivity index (χ4v) is 1.37. The van der Waals surface area contributed by atoms with E-state index < -0.39 is 11.9 Å². The van der Waals surface area contributed by atoms with E-state index in [2.05, 4.69) is 15.5 Å². The van der Waals surface area contributed by atoms with Crippen molar-refractivity contribution in [3.63, 3.8) is 0 Å². The van der Waals surface area contributed by atoms with Gasteiger partial charge >= 0.3 is 5.97 Å². The minimum absolute atomic E-state index is 0.414. The second-order valence-electron chi connectivity index (χ2n) is 3.41. The Morgan fingerprint density at radius 2 is 2.40 bits per heavy atom. The van der Waals surface area contributed by atoms with Crippen LogP contribution in [0.4, 0.5) is 0 Å². The molecule has 2 heterocycles. The standard InChI is InChI=1S/C9H10N4O2/c1-6(9(14)15)5-7-3-2-4-8-10-11-12-13(7)8/h2-4,6H,5H2,1H3,(H,14,15). The monoisotopic (exact) mass is 206 g/mol. The Hall–Kier alpha value is -1.98. The third kappa shape index (κ3) is 1.78. The minimum atomic E-state index is -0.819. The molecule has 0 aliphatic carbocycles. The summed E-state index contributed by atoms with van der Waals surface area (Å²) < 4.78 is 1.56. The Kier molecular flexibility index (Phi) is 2.32. The van der Waals surface area contributed by atoms with Gasteiger partial charge in [-0.25, -0.2) is 0 Å². The largest absolute Gasteiger partial charge is 0.481 e. The van der Waals surface area contributed by atoms with Gasteiger partial charge in [0.2, 0.25) is 0 Å². The summed E-state index contributed by atoms with van der Waals surface area (Å²) in [4.78, 5) is 10.7. The summed E-state index contributed by atoms with van der Waals surface area (Å²) in [6.07, 6.45) is 0.414. The minimum Gasteiger partial charge on any atom is -0.481 e. The SMILES string of the molecule is CC(Cc1cccc2nnnn12)C(=O)O. The smallest absolute Gasteiger partial charge is 0.306 e. The second kappa shape index (κ2) is 3.64. The van der Waals surface area contributed by atoms with Gasteiger partial charge in [-0.15, -0.1) is 5.10 Å². The van der Waals surface area contributed by atoms with Crippen molar-refractivity contribution in [1.29, 1.82) is 0 Å². The first-order chi connectivity index (χ1) is 7.18. The van der Waals surface area contributed by atoms with Crippen LogP contribution in [0.3, 0.4) is 0 Å². The summed E-state index contributed by atoms with van der Waals surface area (Å²) in [5.41, 5.74) is 1.43. The normalized spacial score (nSPS) is 12.9. The molecule has 0 aromatic carbocycles. The first-order valence-electron chi connectivity index (χ1n) is 4.57. The second-order valence-corrected chi connectivity index (χ2v) is 3.41. The van der Waals surface area contributed by atoms with Crippen LogP contribution in [0.2, 0.25) is 0 Å². The van der Waals surface area contributed by atoms with E-state index in [1.165, 1.54) is 0 Å². The number of tetrazole rings is 1. The van der Waals surface area contributed by atoms with Crippen LogP contribution in [-0.4, -0.2) is 31.1 Å². The molecule has 1 N–H and O–H groups in total. The lowest BCUT2D eigenvalue weighted by Crippen LogP contribution is -2.14. The molecule has 0 saturated carbocycles. The summed E-state index contributed by atoms with van der Waals surface area (Å²) in [6, 6.07) is 5.41. The molecule has 0 bridgehead atoms. The zero-order chi connectivity index (χ0) is 10.8. The van der Waals surface area contributed by atoms with Crippen LogP contribution in [0.1, 0.15) is 12.6 Å². The predicted octanol–water partition coefficient (Wildman–Crippen LogP) is 0.387. The zero-order valence-electron chi connectivity index (χ0n) is 8.16. The summed E-state index contributed by atoms with van der Waals surface area (Å²) in [5, 5.41) is 19.9. The molecule has 2 rings (SSSR count). The highest BCUT2D eigenvalue weighted by Gasteiger charge is 2.14. The van der Waals surface area contributed by atoms with Crippen molar-refractivity contribution in [3.05, 3.63) is 23.9 Å². The number of carbonyl (C=O) groups is 1. The highest BCUT2D eigenvalue weighted by Crippen LogP contribution is 2.09. The van der Waals surface area contributed by atoms with Gasteiger partial charge < -0.3 is 5.11 Å². The van der Waals surface area contributed by atoms with Gasteiger partial charge in [0, 0.05) is 12.1 Å². The average molecular weight is 206 g/mol. The van der Waals surface area contributed by atoms with Crippen molar-refractivity contribution in [1.82, 2.24) is 20.0 Å². The van der Waals surface area contributed by atoms with E-state index in [0.717, 1.165) is 5.69 Å². The Morgan fingerprint density at radius 3 is 3.13 bits per heavy atom. The average Bonchev–Trinajstić information content (AvgIpc) is 2.66. The fourth-order valence-electron chi connectivity index (χ4n) is 1.37. The number of hydrogen-bond acceptors (Lipinski definition) is 4. The summed E-state index contributed by atoms with van der Waals surface area (Å²) >= 11 is 0. The van der Waals surface area contributed by atoms with Gasteiger partial charge in [-0.2, -0.15) is 4.52 Å². The third-order valence-electron chi connectivity index (χ3n) is 2.24. The van der Waals surface area contributed by atoms with Crippen LogP contribution in [0.15, 0.2) is 18.2 Å². The van der Waals surface area contributed by atoms with Crippen molar-refractivity contribution in [2.45, 2.75) is 13.3 Å².